The van der Waals surface area contributed by atoms with Crippen LogP contribution >= 0.6 is 11.6 Å². The Hall–Kier alpha value is -3.19. The molecule has 2 unspecified atom stereocenters. The van der Waals surface area contributed by atoms with Gasteiger partial charge in [-0.15, -0.1) is 0 Å². The van der Waals surface area contributed by atoms with Crippen molar-refractivity contribution < 1.29 is 0 Å². The summed E-state index contributed by atoms with van der Waals surface area (Å²) in [5.41, 5.74) is 12.5. The van der Waals surface area contributed by atoms with E-state index in [1.165, 1.54) is 12.8 Å². The molecule has 0 radical (unpaired) electrons. The number of benzene rings is 1. The topological polar surface area (TPSA) is 89.6 Å². The first-order valence-corrected chi connectivity index (χ1v) is 11.1. The second-order valence-electron chi connectivity index (χ2n) is 8.38. The molecule has 0 amide bonds. The molecule has 3 N–H and O–H groups in total. The molecular formula is C25H21ClN6. The lowest BCUT2D eigenvalue weighted by molar-refractivity contribution is 0.448. The first-order chi connectivity index (χ1) is 15.6. The van der Waals surface area contributed by atoms with E-state index in [0.29, 0.717) is 10.9 Å². The van der Waals surface area contributed by atoms with Crippen molar-refractivity contribution in [2.75, 3.05) is 0 Å². The highest BCUT2D eigenvalue weighted by molar-refractivity contribution is 6.30. The van der Waals surface area contributed by atoms with Crippen LogP contribution in [0, 0.1) is 0 Å². The first-order valence-electron chi connectivity index (χ1n) is 10.7. The monoisotopic (exact) mass is 440 g/mol. The van der Waals surface area contributed by atoms with Gasteiger partial charge in [-0.2, -0.15) is 0 Å². The van der Waals surface area contributed by atoms with Crippen molar-refractivity contribution in [1.82, 2.24) is 25.3 Å². The van der Waals surface area contributed by atoms with Crippen molar-refractivity contribution in [1.29, 1.82) is 0 Å². The molecule has 0 bridgehead atoms. The van der Waals surface area contributed by atoms with Crippen LogP contribution in [0.3, 0.4) is 0 Å². The van der Waals surface area contributed by atoms with E-state index in [0.717, 1.165) is 39.3 Å². The Morgan fingerprint density at radius 2 is 1.75 bits per heavy atom. The molecule has 1 aliphatic heterocycles. The van der Waals surface area contributed by atoms with Crippen molar-refractivity contribution in [3.63, 3.8) is 0 Å². The van der Waals surface area contributed by atoms with Crippen LogP contribution in [0.4, 0.5) is 0 Å². The fourth-order valence-corrected chi connectivity index (χ4v) is 4.80. The number of hydrogen-bond acceptors (Lipinski definition) is 6. The van der Waals surface area contributed by atoms with Crippen molar-refractivity contribution in [2.45, 2.75) is 30.5 Å². The molecule has 3 aromatic heterocycles. The summed E-state index contributed by atoms with van der Waals surface area (Å²) in [6.07, 6.45) is 10.7. The summed E-state index contributed by atoms with van der Waals surface area (Å²) in [7, 11) is 0. The largest absolute Gasteiger partial charge is 0.311 e. The van der Waals surface area contributed by atoms with Crippen LogP contribution in [0.2, 0.25) is 5.02 Å². The van der Waals surface area contributed by atoms with E-state index in [2.05, 4.69) is 44.5 Å². The number of aromatic nitrogens is 4. The van der Waals surface area contributed by atoms with E-state index in [4.69, 9.17) is 22.3 Å². The van der Waals surface area contributed by atoms with Crippen LogP contribution in [0.5, 0.6) is 0 Å². The van der Waals surface area contributed by atoms with Crippen molar-refractivity contribution in [3.8, 4) is 11.1 Å². The smallest absolute Gasteiger partial charge is 0.116 e. The molecule has 1 saturated carbocycles. The Labute approximate surface area is 190 Å². The Kier molecular flexibility index (Phi) is 4.54. The Bertz CT molecular complexity index is 1320. The second-order valence-corrected chi connectivity index (χ2v) is 8.81. The molecule has 6 nitrogen and oxygen atoms in total. The van der Waals surface area contributed by atoms with Crippen LogP contribution < -0.4 is 11.1 Å². The van der Waals surface area contributed by atoms with Gasteiger partial charge in [-0.3, -0.25) is 25.3 Å². The molecule has 0 spiro atoms. The van der Waals surface area contributed by atoms with Gasteiger partial charge in [-0.05, 0) is 53.8 Å². The van der Waals surface area contributed by atoms with E-state index in [9.17, 15) is 0 Å². The lowest BCUT2D eigenvalue weighted by atomic mass is 9.80. The third-order valence-corrected chi connectivity index (χ3v) is 6.50. The Balaban J connectivity index is 1.58. The minimum absolute atomic E-state index is 0.437. The fraction of sp³-hybridized carbons (Fsp3) is 0.200. The Morgan fingerprint density at radius 3 is 2.59 bits per heavy atom. The minimum Gasteiger partial charge on any atom is -0.311 e. The predicted molar refractivity (Wildman–Crippen MR) is 123 cm³/mol. The molecule has 1 aliphatic carbocycles. The van der Waals surface area contributed by atoms with Gasteiger partial charge in [0, 0.05) is 48.2 Å². The highest BCUT2D eigenvalue weighted by Crippen LogP contribution is 2.46. The summed E-state index contributed by atoms with van der Waals surface area (Å²) in [6.45, 7) is 0. The number of nitrogens with zero attached hydrogens (tertiary/aromatic N) is 4. The van der Waals surface area contributed by atoms with Gasteiger partial charge in [0.2, 0.25) is 0 Å². The maximum Gasteiger partial charge on any atom is 0.116 e. The third kappa shape index (κ3) is 3.11. The van der Waals surface area contributed by atoms with Crippen LogP contribution in [-0.4, -0.2) is 19.9 Å². The number of pyridine rings is 2. The fourth-order valence-electron chi connectivity index (χ4n) is 4.63. The third-order valence-electron chi connectivity index (χ3n) is 6.29. The lowest BCUT2D eigenvalue weighted by Gasteiger charge is -2.32. The molecule has 6 rings (SSSR count). The highest BCUT2D eigenvalue weighted by atomic mass is 35.5. The quantitative estimate of drug-likeness (QED) is 0.491. The van der Waals surface area contributed by atoms with E-state index < -0.39 is 11.7 Å². The van der Waals surface area contributed by atoms with E-state index >= 15 is 0 Å². The summed E-state index contributed by atoms with van der Waals surface area (Å²) >= 11 is 6.21. The number of nitrogens with one attached hydrogen (secondary N) is 1. The zero-order valence-electron chi connectivity index (χ0n) is 17.2. The Morgan fingerprint density at radius 1 is 0.906 bits per heavy atom. The number of halogens is 1. The van der Waals surface area contributed by atoms with Gasteiger partial charge >= 0.3 is 0 Å². The maximum absolute atomic E-state index is 6.52. The van der Waals surface area contributed by atoms with E-state index in [1.54, 1.807) is 18.6 Å². The average Bonchev–Trinajstić information content (AvgIpc) is 3.64. The number of nitrogens with two attached hydrogens (primary N) is 1. The zero-order chi connectivity index (χ0) is 21.7. The summed E-state index contributed by atoms with van der Waals surface area (Å²) in [5.74, 6) is 0.535. The summed E-state index contributed by atoms with van der Waals surface area (Å²) < 4.78 is 0. The molecule has 4 aromatic rings. The summed E-state index contributed by atoms with van der Waals surface area (Å²) in [4.78, 5) is 18.2. The molecule has 32 heavy (non-hydrogen) atoms. The molecule has 2 aliphatic rings. The van der Waals surface area contributed by atoms with Crippen molar-refractivity contribution in [2.24, 2.45) is 5.73 Å². The molecule has 7 heteroatoms. The molecule has 4 heterocycles. The normalized spacial score (nSPS) is 22.0. The SMILES string of the molecule is NC1NC(c2cccc(-c3cncc(Cl)c3)c2)(c2ccnc(C3CC3)c2)c2nccnc21. The van der Waals surface area contributed by atoms with Crippen molar-refractivity contribution >= 4 is 11.6 Å². The van der Waals surface area contributed by atoms with Crippen LogP contribution in [0.25, 0.3) is 11.1 Å². The molecule has 1 fully saturated rings. The maximum atomic E-state index is 6.52. The van der Waals surface area contributed by atoms with E-state index in [1.807, 2.05) is 30.6 Å². The lowest BCUT2D eigenvalue weighted by Crippen LogP contribution is -2.43. The van der Waals surface area contributed by atoms with Gasteiger partial charge in [-0.25, -0.2) is 0 Å². The number of rotatable bonds is 4. The molecule has 2 atom stereocenters. The first kappa shape index (κ1) is 19.5. The minimum atomic E-state index is -0.738. The average molecular weight is 441 g/mol. The van der Waals surface area contributed by atoms with Gasteiger partial charge in [0.25, 0.3) is 0 Å². The predicted octanol–water partition coefficient (Wildman–Crippen LogP) is 4.32. The van der Waals surface area contributed by atoms with Crippen LogP contribution in [-0.2, 0) is 5.54 Å². The number of fused-ring (bicyclic) bond motifs is 1. The second kappa shape index (κ2) is 7.45. The highest BCUT2D eigenvalue weighted by Gasteiger charge is 2.48. The summed E-state index contributed by atoms with van der Waals surface area (Å²) in [6, 6.07) is 14.5. The van der Waals surface area contributed by atoms with Gasteiger partial charge in [0.05, 0.1) is 16.4 Å². The standard InChI is InChI=1S/C25H21ClN6/c26-20-11-17(13-28-14-20)16-2-1-3-18(10-16)25(19-6-7-29-21(12-19)15-4-5-15)23-22(24(27)32-25)30-8-9-31-23/h1-3,6-15,24,32H,4-5,27H2. The molecule has 158 valence electrons. The van der Waals surface area contributed by atoms with Gasteiger partial charge in [0.15, 0.2) is 0 Å². The molecular weight excluding hydrogens is 420 g/mol. The van der Waals surface area contributed by atoms with Crippen LogP contribution in [0.15, 0.2) is 73.4 Å². The van der Waals surface area contributed by atoms with Gasteiger partial charge < -0.3 is 5.73 Å². The van der Waals surface area contributed by atoms with Gasteiger partial charge in [-0.1, -0.05) is 29.8 Å². The zero-order valence-corrected chi connectivity index (χ0v) is 18.0. The number of hydrogen-bond donors (Lipinski definition) is 2. The van der Waals surface area contributed by atoms with Crippen LogP contribution in [0.1, 0.15) is 53.1 Å². The molecule has 0 saturated heterocycles. The summed E-state index contributed by atoms with van der Waals surface area (Å²) in [5, 5.41) is 4.23. The van der Waals surface area contributed by atoms with Crippen molar-refractivity contribution in [3.05, 3.63) is 107 Å². The molecule has 1 aromatic carbocycles. The van der Waals surface area contributed by atoms with Gasteiger partial charge in [0.1, 0.15) is 11.7 Å². The van der Waals surface area contributed by atoms with E-state index in [-0.39, 0.29) is 0 Å².